The van der Waals surface area contributed by atoms with Gasteiger partial charge in [0.15, 0.2) is 0 Å². The molecule has 0 aromatic heterocycles. The van der Waals surface area contributed by atoms with Crippen molar-refractivity contribution in [1.82, 2.24) is 0 Å². The first kappa shape index (κ1) is 9.53. The van der Waals surface area contributed by atoms with E-state index in [9.17, 15) is 5.11 Å². The molecule has 0 aliphatic heterocycles. The zero-order chi connectivity index (χ0) is 10.3. The van der Waals surface area contributed by atoms with Gasteiger partial charge in [-0.2, -0.15) is 0 Å². The Hall–Kier alpha value is -1.02. The van der Waals surface area contributed by atoms with Crippen LogP contribution in [-0.2, 0) is 5.41 Å². The number of phenolic OH excluding ortho intramolecular Hbond substituents is 1. The maximum Gasteiger partial charge on any atom is 0.116 e. The first-order chi connectivity index (χ1) is 6.59. The number of aryl methyl sites for hydroxylation is 2. The van der Waals surface area contributed by atoms with Gasteiger partial charge in [0.05, 0.1) is 0 Å². The van der Waals surface area contributed by atoms with Crippen LogP contribution in [0.15, 0.2) is 12.1 Å². The number of benzene rings is 1. The van der Waals surface area contributed by atoms with Crippen LogP contribution in [-0.4, -0.2) is 11.7 Å². The Balaban J connectivity index is 2.53. The van der Waals surface area contributed by atoms with Crippen molar-refractivity contribution in [3.63, 3.8) is 0 Å². The van der Waals surface area contributed by atoms with Gasteiger partial charge < -0.3 is 10.8 Å². The normalized spacial score (nSPS) is 18.2. The van der Waals surface area contributed by atoms with Crippen molar-refractivity contribution in [2.45, 2.75) is 32.1 Å². The lowest BCUT2D eigenvalue weighted by molar-refractivity contribution is 0.473. The van der Waals surface area contributed by atoms with Crippen molar-refractivity contribution in [2.24, 2.45) is 5.73 Å². The fourth-order valence-electron chi connectivity index (χ4n) is 2.48. The number of phenols is 1. The summed E-state index contributed by atoms with van der Waals surface area (Å²) in [5, 5.41) is 9.45. The quantitative estimate of drug-likeness (QED) is 0.751. The van der Waals surface area contributed by atoms with Gasteiger partial charge in [0.25, 0.3) is 0 Å². The fraction of sp³-hybridized carbons (Fsp3) is 0.500. The summed E-state index contributed by atoms with van der Waals surface area (Å²) in [4.78, 5) is 0. The molecule has 3 N–H and O–H groups in total. The lowest BCUT2D eigenvalue weighted by atomic mass is 9.88. The monoisotopic (exact) mass is 191 g/mol. The van der Waals surface area contributed by atoms with E-state index in [1.165, 1.54) is 29.5 Å². The lowest BCUT2D eigenvalue weighted by Gasteiger charge is -2.19. The highest BCUT2D eigenvalue weighted by Crippen LogP contribution is 2.50. The van der Waals surface area contributed by atoms with E-state index in [2.05, 4.69) is 13.8 Å². The van der Waals surface area contributed by atoms with Crippen LogP contribution >= 0.6 is 0 Å². The van der Waals surface area contributed by atoms with Gasteiger partial charge in [-0.15, -0.1) is 0 Å². The molecule has 0 spiro atoms. The maximum atomic E-state index is 9.45. The molecule has 1 aliphatic carbocycles. The molecular formula is C12H17NO. The third kappa shape index (κ3) is 1.30. The smallest absolute Gasteiger partial charge is 0.116 e. The van der Waals surface area contributed by atoms with Gasteiger partial charge in [0.2, 0.25) is 0 Å². The van der Waals surface area contributed by atoms with Crippen LogP contribution < -0.4 is 5.73 Å². The van der Waals surface area contributed by atoms with Crippen molar-refractivity contribution in [1.29, 1.82) is 0 Å². The van der Waals surface area contributed by atoms with Gasteiger partial charge in [0.1, 0.15) is 5.75 Å². The van der Waals surface area contributed by atoms with Crippen LogP contribution in [0.1, 0.15) is 29.5 Å². The molecular weight excluding hydrogens is 174 g/mol. The Morgan fingerprint density at radius 3 is 2.14 bits per heavy atom. The topological polar surface area (TPSA) is 46.2 Å². The average Bonchev–Trinajstić information content (AvgIpc) is 2.83. The summed E-state index contributed by atoms with van der Waals surface area (Å²) >= 11 is 0. The van der Waals surface area contributed by atoms with Gasteiger partial charge >= 0.3 is 0 Å². The summed E-state index contributed by atoms with van der Waals surface area (Å²) in [6.45, 7) is 4.83. The highest BCUT2D eigenvalue weighted by molar-refractivity contribution is 5.47. The van der Waals surface area contributed by atoms with E-state index in [-0.39, 0.29) is 5.41 Å². The molecule has 1 saturated carbocycles. The zero-order valence-electron chi connectivity index (χ0n) is 8.80. The molecule has 76 valence electrons. The number of hydrogen-bond donors (Lipinski definition) is 2. The Morgan fingerprint density at radius 1 is 1.29 bits per heavy atom. The number of rotatable bonds is 2. The first-order valence-corrected chi connectivity index (χ1v) is 5.10. The van der Waals surface area contributed by atoms with Gasteiger partial charge in [-0.05, 0) is 55.5 Å². The predicted molar refractivity (Wildman–Crippen MR) is 57.5 cm³/mol. The third-order valence-electron chi connectivity index (χ3n) is 3.29. The number of nitrogens with two attached hydrogens (primary N) is 1. The second kappa shape index (κ2) is 2.99. The average molecular weight is 191 g/mol. The molecule has 1 aromatic carbocycles. The van der Waals surface area contributed by atoms with Gasteiger partial charge in [-0.25, -0.2) is 0 Å². The molecule has 0 heterocycles. The standard InChI is InChI=1S/C12H17NO/c1-8-5-10(14)6-9(2)11(8)12(7-13)3-4-12/h5-6,14H,3-4,7,13H2,1-2H3. The van der Waals surface area contributed by atoms with E-state index in [0.29, 0.717) is 5.75 Å². The van der Waals surface area contributed by atoms with Crippen molar-refractivity contribution in [3.05, 3.63) is 28.8 Å². The van der Waals surface area contributed by atoms with Crippen molar-refractivity contribution >= 4 is 0 Å². The van der Waals surface area contributed by atoms with E-state index in [1.54, 1.807) is 0 Å². The van der Waals surface area contributed by atoms with E-state index in [0.717, 1.165) is 6.54 Å². The summed E-state index contributed by atoms with van der Waals surface area (Å²) in [6.07, 6.45) is 2.38. The lowest BCUT2D eigenvalue weighted by Crippen LogP contribution is -2.21. The molecule has 2 nitrogen and oxygen atoms in total. The van der Waals surface area contributed by atoms with Crippen molar-refractivity contribution < 1.29 is 5.11 Å². The van der Waals surface area contributed by atoms with E-state index >= 15 is 0 Å². The molecule has 0 unspecified atom stereocenters. The highest BCUT2D eigenvalue weighted by atomic mass is 16.3. The summed E-state index contributed by atoms with van der Waals surface area (Å²) < 4.78 is 0. The zero-order valence-corrected chi connectivity index (χ0v) is 8.80. The summed E-state index contributed by atoms with van der Waals surface area (Å²) in [6, 6.07) is 3.66. The largest absolute Gasteiger partial charge is 0.508 e. The molecule has 0 saturated heterocycles. The minimum atomic E-state index is 0.224. The molecule has 0 radical (unpaired) electrons. The van der Waals surface area contributed by atoms with Crippen molar-refractivity contribution in [3.8, 4) is 5.75 Å². The Kier molecular flexibility index (Phi) is 2.04. The van der Waals surface area contributed by atoms with E-state index in [1.807, 2.05) is 12.1 Å². The predicted octanol–water partition coefficient (Wildman–Crippen LogP) is 2.00. The minimum absolute atomic E-state index is 0.224. The molecule has 0 atom stereocenters. The van der Waals surface area contributed by atoms with Crippen LogP contribution in [0, 0.1) is 13.8 Å². The van der Waals surface area contributed by atoms with E-state index < -0.39 is 0 Å². The molecule has 0 bridgehead atoms. The van der Waals surface area contributed by atoms with Crippen LogP contribution in [0.4, 0.5) is 0 Å². The summed E-state index contributed by atoms with van der Waals surface area (Å²) in [7, 11) is 0. The summed E-state index contributed by atoms with van der Waals surface area (Å²) in [5.74, 6) is 0.358. The molecule has 1 fully saturated rings. The minimum Gasteiger partial charge on any atom is -0.508 e. The molecule has 14 heavy (non-hydrogen) atoms. The molecule has 1 aliphatic rings. The van der Waals surface area contributed by atoms with Crippen LogP contribution in [0.5, 0.6) is 5.75 Å². The second-order valence-electron chi connectivity index (χ2n) is 4.44. The van der Waals surface area contributed by atoms with Crippen molar-refractivity contribution in [2.75, 3.05) is 6.54 Å². The van der Waals surface area contributed by atoms with Crippen LogP contribution in [0.25, 0.3) is 0 Å². The van der Waals surface area contributed by atoms with Gasteiger partial charge in [-0.3, -0.25) is 0 Å². The molecule has 2 rings (SSSR count). The molecule has 2 heteroatoms. The highest BCUT2D eigenvalue weighted by Gasteiger charge is 2.44. The first-order valence-electron chi connectivity index (χ1n) is 5.10. The van der Waals surface area contributed by atoms with E-state index in [4.69, 9.17) is 5.73 Å². The number of aromatic hydroxyl groups is 1. The third-order valence-corrected chi connectivity index (χ3v) is 3.29. The van der Waals surface area contributed by atoms with Crippen LogP contribution in [0.3, 0.4) is 0 Å². The Labute approximate surface area is 84.7 Å². The SMILES string of the molecule is Cc1cc(O)cc(C)c1C1(CN)CC1. The van der Waals surface area contributed by atoms with Gasteiger partial charge in [0, 0.05) is 12.0 Å². The van der Waals surface area contributed by atoms with Gasteiger partial charge in [-0.1, -0.05) is 0 Å². The number of hydrogen-bond acceptors (Lipinski definition) is 2. The fourth-order valence-corrected chi connectivity index (χ4v) is 2.48. The second-order valence-corrected chi connectivity index (χ2v) is 4.44. The Morgan fingerprint density at radius 2 is 1.79 bits per heavy atom. The Bertz CT molecular complexity index is 344. The van der Waals surface area contributed by atoms with Crippen LogP contribution in [0.2, 0.25) is 0 Å². The molecule has 1 aromatic rings. The maximum absolute atomic E-state index is 9.45. The summed E-state index contributed by atoms with van der Waals surface area (Å²) in [5.41, 5.74) is 9.74. The molecule has 0 amide bonds.